The van der Waals surface area contributed by atoms with Crippen LogP contribution in [-0.4, -0.2) is 45.3 Å². The van der Waals surface area contributed by atoms with Crippen molar-refractivity contribution in [3.63, 3.8) is 0 Å². The Labute approximate surface area is 86.5 Å². The fourth-order valence-electron chi connectivity index (χ4n) is 1.36. The maximum Gasteiger partial charge on any atom is 0.261 e. The molecule has 0 amide bonds. The van der Waals surface area contributed by atoms with Crippen molar-refractivity contribution >= 4 is 11.0 Å². The van der Waals surface area contributed by atoms with Crippen molar-refractivity contribution in [3.8, 4) is 0 Å². The van der Waals surface area contributed by atoms with Crippen molar-refractivity contribution in [1.82, 2.24) is 24.6 Å². The molecule has 1 N–H and O–H groups in total. The zero-order chi connectivity index (χ0) is 10.8. The Hall–Kier alpha value is -1.69. The molecule has 0 bridgehead atoms. The Bertz CT molecular complexity index is 512. The van der Waals surface area contributed by atoms with Crippen LogP contribution < -0.4 is 5.56 Å². The average molecular weight is 207 g/mol. The molecule has 2 rings (SSSR count). The highest BCUT2D eigenvalue weighted by Gasteiger charge is 2.06. The number of likely N-dealkylation sites (N-methyl/N-ethyl adjacent to an activating group) is 1. The number of aromatic amines is 1. The molecule has 0 spiro atoms. The molecule has 0 fully saturated rings. The van der Waals surface area contributed by atoms with Gasteiger partial charge in [-0.25, -0.2) is 9.67 Å². The highest BCUT2D eigenvalue weighted by Crippen LogP contribution is 2.03. The summed E-state index contributed by atoms with van der Waals surface area (Å²) in [5, 5.41) is 4.67. The second kappa shape index (κ2) is 3.82. The van der Waals surface area contributed by atoms with Gasteiger partial charge in [0.15, 0.2) is 5.65 Å². The first-order valence-corrected chi connectivity index (χ1v) is 4.72. The van der Waals surface area contributed by atoms with Gasteiger partial charge in [0.2, 0.25) is 0 Å². The Morgan fingerprint density at radius 2 is 2.33 bits per heavy atom. The van der Waals surface area contributed by atoms with E-state index in [4.69, 9.17) is 0 Å². The van der Waals surface area contributed by atoms with E-state index in [0.717, 1.165) is 13.1 Å². The molecule has 0 aliphatic rings. The zero-order valence-electron chi connectivity index (χ0n) is 8.77. The minimum atomic E-state index is -0.142. The van der Waals surface area contributed by atoms with Crippen LogP contribution in [0.25, 0.3) is 11.0 Å². The van der Waals surface area contributed by atoms with Gasteiger partial charge in [-0.2, -0.15) is 5.10 Å². The van der Waals surface area contributed by atoms with Gasteiger partial charge >= 0.3 is 0 Å². The highest BCUT2D eigenvalue weighted by molar-refractivity contribution is 5.72. The van der Waals surface area contributed by atoms with Crippen molar-refractivity contribution in [1.29, 1.82) is 0 Å². The Morgan fingerprint density at radius 1 is 1.53 bits per heavy atom. The lowest BCUT2D eigenvalue weighted by Gasteiger charge is -2.09. The molecule has 0 aliphatic carbocycles. The predicted molar refractivity (Wildman–Crippen MR) is 56.7 cm³/mol. The lowest BCUT2D eigenvalue weighted by molar-refractivity contribution is 0.376. The molecule has 0 atom stereocenters. The number of hydrogen-bond donors (Lipinski definition) is 1. The van der Waals surface area contributed by atoms with Crippen LogP contribution in [0.4, 0.5) is 0 Å². The number of rotatable bonds is 3. The van der Waals surface area contributed by atoms with E-state index >= 15 is 0 Å². The van der Waals surface area contributed by atoms with Crippen molar-refractivity contribution in [2.24, 2.45) is 0 Å². The first-order chi connectivity index (χ1) is 7.18. The largest absolute Gasteiger partial charge is 0.312 e. The molecule has 6 heteroatoms. The maximum absolute atomic E-state index is 11.4. The first-order valence-electron chi connectivity index (χ1n) is 4.72. The van der Waals surface area contributed by atoms with Gasteiger partial charge in [-0.05, 0) is 14.1 Å². The molecular formula is C9H13N5O. The molecule has 2 aromatic rings. The van der Waals surface area contributed by atoms with Crippen LogP contribution >= 0.6 is 0 Å². The summed E-state index contributed by atoms with van der Waals surface area (Å²) in [4.78, 5) is 20.1. The van der Waals surface area contributed by atoms with Crippen LogP contribution in [0.2, 0.25) is 0 Å². The second-order valence-electron chi connectivity index (χ2n) is 3.64. The average Bonchev–Trinajstić information content (AvgIpc) is 2.59. The quantitative estimate of drug-likeness (QED) is 0.749. The van der Waals surface area contributed by atoms with Crippen molar-refractivity contribution < 1.29 is 0 Å². The van der Waals surface area contributed by atoms with Crippen LogP contribution in [0.5, 0.6) is 0 Å². The lowest BCUT2D eigenvalue weighted by Crippen LogP contribution is -2.19. The lowest BCUT2D eigenvalue weighted by atomic mass is 10.4. The van der Waals surface area contributed by atoms with Gasteiger partial charge in [0.05, 0.1) is 19.1 Å². The number of H-pyrrole nitrogens is 1. The normalized spacial score (nSPS) is 11.4. The third-order valence-corrected chi connectivity index (χ3v) is 2.20. The molecule has 15 heavy (non-hydrogen) atoms. The number of nitrogens with one attached hydrogen (secondary N) is 1. The minimum absolute atomic E-state index is 0.142. The van der Waals surface area contributed by atoms with E-state index in [-0.39, 0.29) is 5.56 Å². The highest BCUT2D eigenvalue weighted by atomic mass is 16.1. The smallest absolute Gasteiger partial charge is 0.261 e. The molecular weight excluding hydrogens is 194 g/mol. The van der Waals surface area contributed by atoms with E-state index in [9.17, 15) is 4.79 Å². The Balaban J connectivity index is 2.37. The minimum Gasteiger partial charge on any atom is -0.312 e. The molecule has 2 aromatic heterocycles. The third kappa shape index (κ3) is 1.89. The molecule has 0 radical (unpaired) electrons. The van der Waals surface area contributed by atoms with Crippen LogP contribution in [0, 0.1) is 0 Å². The topological polar surface area (TPSA) is 66.8 Å². The fourth-order valence-corrected chi connectivity index (χ4v) is 1.36. The number of fused-ring (bicyclic) bond motifs is 1. The Morgan fingerprint density at radius 3 is 3.07 bits per heavy atom. The molecule has 0 saturated heterocycles. The summed E-state index contributed by atoms with van der Waals surface area (Å²) < 4.78 is 1.74. The molecule has 0 aliphatic heterocycles. The SMILES string of the molecule is CN(C)CCn1ncc2c(=O)[nH]cnc21. The zero-order valence-corrected chi connectivity index (χ0v) is 8.77. The molecule has 6 nitrogen and oxygen atoms in total. The van der Waals surface area contributed by atoms with Gasteiger partial charge < -0.3 is 9.88 Å². The predicted octanol–water partition coefficient (Wildman–Crippen LogP) is -0.319. The fraction of sp³-hybridized carbons (Fsp3) is 0.444. The molecule has 0 unspecified atom stereocenters. The van der Waals surface area contributed by atoms with Crippen LogP contribution in [0.15, 0.2) is 17.3 Å². The molecule has 80 valence electrons. The second-order valence-corrected chi connectivity index (χ2v) is 3.64. The number of nitrogens with zero attached hydrogens (tertiary/aromatic N) is 4. The Kier molecular flexibility index (Phi) is 2.51. The van der Waals surface area contributed by atoms with Gasteiger partial charge in [-0.1, -0.05) is 0 Å². The maximum atomic E-state index is 11.4. The van der Waals surface area contributed by atoms with Crippen molar-refractivity contribution in [2.75, 3.05) is 20.6 Å². The van der Waals surface area contributed by atoms with Gasteiger partial charge in [0.25, 0.3) is 5.56 Å². The summed E-state index contributed by atoms with van der Waals surface area (Å²) in [6, 6.07) is 0. The summed E-state index contributed by atoms with van der Waals surface area (Å²) in [6.45, 7) is 1.60. The number of aromatic nitrogens is 4. The van der Waals surface area contributed by atoms with Crippen LogP contribution in [-0.2, 0) is 6.54 Å². The first kappa shape index (κ1) is 9.85. The van der Waals surface area contributed by atoms with E-state index in [2.05, 4.69) is 20.0 Å². The van der Waals surface area contributed by atoms with E-state index in [1.165, 1.54) is 6.33 Å². The van der Waals surface area contributed by atoms with Crippen LogP contribution in [0.3, 0.4) is 0 Å². The van der Waals surface area contributed by atoms with Gasteiger partial charge in [0.1, 0.15) is 5.39 Å². The van der Waals surface area contributed by atoms with Crippen molar-refractivity contribution in [2.45, 2.75) is 6.54 Å². The van der Waals surface area contributed by atoms with E-state index < -0.39 is 0 Å². The molecule has 0 aromatic carbocycles. The van der Waals surface area contributed by atoms with E-state index in [1.54, 1.807) is 10.9 Å². The standard InChI is InChI=1S/C9H13N5O/c1-13(2)3-4-14-8-7(5-12-14)9(15)11-6-10-8/h5-6H,3-4H2,1-2H3,(H,10,11,15). The van der Waals surface area contributed by atoms with Crippen molar-refractivity contribution in [3.05, 3.63) is 22.9 Å². The van der Waals surface area contributed by atoms with Crippen LogP contribution in [0.1, 0.15) is 0 Å². The summed E-state index contributed by atoms with van der Waals surface area (Å²) in [7, 11) is 3.98. The summed E-state index contributed by atoms with van der Waals surface area (Å²) in [5.41, 5.74) is 0.497. The summed E-state index contributed by atoms with van der Waals surface area (Å²) in [6.07, 6.45) is 2.95. The third-order valence-electron chi connectivity index (χ3n) is 2.20. The monoisotopic (exact) mass is 207 g/mol. The van der Waals surface area contributed by atoms with Gasteiger partial charge in [-0.3, -0.25) is 4.79 Å². The van der Waals surface area contributed by atoms with E-state index in [1.807, 2.05) is 14.1 Å². The summed E-state index contributed by atoms with van der Waals surface area (Å²) >= 11 is 0. The summed E-state index contributed by atoms with van der Waals surface area (Å²) in [5.74, 6) is 0. The van der Waals surface area contributed by atoms with Gasteiger partial charge in [-0.15, -0.1) is 0 Å². The molecule has 2 heterocycles. The number of hydrogen-bond acceptors (Lipinski definition) is 4. The van der Waals surface area contributed by atoms with Gasteiger partial charge in [0, 0.05) is 6.54 Å². The van der Waals surface area contributed by atoms with E-state index in [0.29, 0.717) is 11.0 Å². The molecule has 0 saturated carbocycles.